The Labute approximate surface area is 305 Å². The van der Waals surface area contributed by atoms with Crippen LogP contribution in [0.5, 0.6) is 0 Å². The third-order valence-electron chi connectivity index (χ3n) is 8.99. The molecule has 0 aliphatic rings. The van der Waals surface area contributed by atoms with E-state index in [4.69, 9.17) is 9.98 Å². The molecule has 47 heavy (non-hydrogen) atoms. The number of unbranched alkanes of at least 4 members (excludes halogenated alkanes) is 12. The zero-order valence-corrected chi connectivity index (χ0v) is 32.9. The van der Waals surface area contributed by atoms with Crippen LogP contribution in [0.1, 0.15) is 179 Å². The maximum Gasteiger partial charge on any atom is 0.0848 e. The van der Waals surface area contributed by atoms with Gasteiger partial charge < -0.3 is 0 Å². The van der Waals surface area contributed by atoms with E-state index in [-0.39, 0.29) is 20.4 Å². The van der Waals surface area contributed by atoms with Crippen molar-refractivity contribution in [2.24, 2.45) is 9.98 Å². The van der Waals surface area contributed by atoms with Gasteiger partial charge in [-0.15, -0.1) is 0 Å². The van der Waals surface area contributed by atoms with Gasteiger partial charge in [-0.05, 0) is 123 Å². The molecule has 0 saturated carbocycles. The van der Waals surface area contributed by atoms with Gasteiger partial charge in [0.2, 0.25) is 0 Å². The molecule has 0 N–H and O–H groups in total. The molecule has 0 aromatic heterocycles. The van der Waals surface area contributed by atoms with Crippen LogP contribution in [0.25, 0.3) is 0 Å². The molecule has 266 valence electrons. The quantitative estimate of drug-likeness (QED) is 0.0523. The molecule has 0 radical (unpaired) electrons. The molecule has 0 unspecified atom stereocenters. The van der Waals surface area contributed by atoms with Crippen LogP contribution in [0.15, 0.2) is 58.5 Å². The second-order valence-corrected chi connectivity index (χ2v) is 13.5. The Kier molecular flexibility index (Phi) is 25.8. The van der Waals surface area contributed by atoms with Crippen LogP contribution in [0.2, 0.25) is 0 Å². The first kappa shape index (κ1) is 43.2. The maximum atomic E-state index is 5.38. The number of rotatable bonds is 26. The Bertz CT molecular complexity index is 1120. The van der Waals surface area contributed by atoms with Crippen LogP contribution in [0.3, 0.4) is 0 Å². The summed E-state index contributed by atoms with van der Waals surface area (Å²) in [6.45, 7) is 13.7. The fraction of sp³-hybridized carbons (Fsp3) is 0.636. The Morgan fingerprint density at radius 2 is 0.851 bits per heavy atom. The largest absolute Gasteiger partial charge is 0.251 e. The van der Waals surface area contributed by atoms with E-state index in [1.807, 2.05) is 0 Å². The number of nitrogens with zero attached hydrogens (tertiary/aromatic N) is 2. The predicted octanol–water partition coefficient (Wildman–Crippen LogP) is 14.4. The minimum atomic E-state index is 0. The summed E-state index contributed by atoms with van der Waals surface area (Å²) >= 11 is 0. The first-order valence-electron chi connectivity index (χ1n) is 19.6. The molecule has 2 nitrogen and oxygen atoms in total. The van der Waals surface area contributed by atoms with E-state index in [0.29, 0.717) is 0 Å². The van der Waals surface area contributed by atoms with Crippen LogP contribution < -0.4 is 0 Å². The zero-order chi connectivity index (χ0) is 33.2. The average Bonchev–Trinajstić information content (AvgIpc) is 3.07. The molecule has 0 saturated heterocycles. The van der Waals surface area contributed by atoms with Gasteiger partial charge in [-0.25, -0.2) is 4.99 Å². The van der Waals surface area contributed by atoms with Gasteiger partial charge in [-0.1, -0.05) is 130 Å². The molecule has 0 bridgehead atoms. The molecule has 3 heteroatoms. The predicted molar refractivity (Wildman–Crippen MR) is 208 cm³/mol. The number of aliphatic imine (C=N–C) groups is 2. The second-order valence-electron chi connectivity index (χ2n) is 13.5. The van der Waals surface area contributed by atoms with E-state index in [2.05, 4.69) is 90.1 Å². The van der Waals surface area contributed by atoms with Gasteiger partial charge in [0.1, 0.15) is 0 Å². The molecule has 0 aliphatic heterocycles. The molecule has 2 rings (SSSR count). The van der Waals surface area contributed by atoms with Crippen molar-refractivity contribution in [2.45, 2.75) is 183 Å². The summed E-state index contributed by atoms with van der Waals surface area (Å²) in [5.41, 5.74) is 10.0. The monoisotopic (exact) mass is 732 g/mol. The Morgan fingerprint density at radius 1 is 0.468 bits per heavy atom. The number of hydrogen-bond donors (Lipinski definition) is 0. The molecule has 0 atom stereocenters. The third-order valence-corrected chi connectivity index (χ3v) is 8.99. The van der Waals surface area contributed by atoms with E-state index < -0.39 is 0 Å². The summed E-state index contributed by atoms with van der Waals surface area (Å²) < 4.78 is 0. The first-order valence-corrected chi connectivity index (χ1v) is 19.6. The fourth-order valence-corrected chi connectivity index (χ4v) is 6.12. The van der Waals surface area contributed by atoms with Crippen LogP contribution in [0, 0.1) is 0 Å². The van der Waals surface area contributed by atoms with Crippen LogP contribution in [0.4, 0.5) is 11.4 Å². The van der Waals surface area contributed by atoms with Gasteiger partial charge in [-0.2, -0.15) is 0 Å². The van der Waals surface area contributed by atoms with Gasteiger partial charge in [0.05, 0.1) is 22.8 Å². The molecule has 0 amide bonds. The fourth-order valence-electron chi connectivity index (χ4n) is 6.12. The van der Waals surface area contributed by atoms with Crippen LogP contribution in [-0.4, -0.2) is 11.4 Å². The van der Waals surface area contributed by atoms with E-state index in [1.165, 1.54) is 125 Å². The van der Waals surface area contributed by atoms with E-state index in [1.54, 1.807) is 0 Å². The number of allylic oxidation sites excluding steroid dienone is 2. The molecular weight excluding hydrogens is 663 g/mol. The van der Waals surface area contributed by atoms with Crippen molar-refractivity contribution in [1.82, 2.24) is 0 Å². The summed E-state index contributed by atoms with van der Waals surface area (Å²) in [6.07, 6.45) is 31.7. The van der Waals surface area contributed by atoms with Crippen molar-refractivity contribution in [1.29, 1.82) is 0 Å². The minimum absolute atomic E-state index is 0. The standard InChI is InChI=1S/C44H70N2.Pd/c1-7-13-18-19-20-21-22-23-24-25-30-44(46-42-35-39(28-16-10-4)32-40(36-42)29-17-11-5)43(12-6)45-41-33-37(26-14-8-2)31-38(34-41)27-15-9-3;/h25,30-36H,7-24,26-29H2,1-6H3;/b30-25+,45-43?,46-44?;. The number of aryl methyl sites for hydroxylation is 4. The SMILES string of the molecule is CCCCCCCCCC/C=C/C(=Nc1cc(CCCC)cc(CCCC)c1)C(CC)=Nc1cc(CCCC)cc(CCCC)c1.[Pd]. The molecule has 2 aromatic rings. The normalized spacial score (nSPS) is 12.2. The average molecular weight is 733 g/mol. The smallest absolute Gasteiger partial charge is 0.0848 e. The van der Waals surface area contributed by atoms with Crippen molar-refractivity contribution in [2.75, 3.05) is 0 Å². The molecule has 2 aromatic carbocycles. The van der Waals surface area contributed by atoms with Crippen molar-refractivity contribution < 1.29 is 20.4 Å². The van der Waals surface area contributed by atoms with E-state index in [0.717, 1.165) is 61.3 Å². The summed E-state index contributed by atoms with van der Waals surface area (Å²) in [7, 11) is 0. The first-order chi connectivity index (χ1) is 22.6. The van der Waals surface area contributed by atoms with Crippen molar-refractivity contribution in [3.63, 3.8) is 0 Å². The summed E-state index contributed by atoms with van der Waals surface area (Å²) in [4.78, 5) is 10.7. The van der Waals surface area contributed by atoms with E-state index in [9.17, 15) is 0 Å². The Hall–Kier alpha value is -1.82. The third kappa shape index (κ3) is 19.1. The van der Waals surface area contributed by atoms with Crippen LogP contribution in [-0.2, 0) is 46.1 Å². The number of benzene rings is 2. The maximum absolute atomic E-state index is 5.38. The second kappa shape index (κ2) is 28.1. The van der Waals surface area contributed by atoms with Crippen LogP contribution >= 0.6 is 0 Å². The molecule has 0 aliphatic carbocycles. The molecule has 0 heterocycles. The Morgan fingerprint density at radius 3 is 1.26 bits per heavy atom. The minimum Gasteiger partial charge on any atom is -0.251 e. The van der Waals surface area contributed by atoms with Gasteiger partial charge >= 0.3 is 0 Å². The summed E-state index contributed by atoms with van der Waals surface area (Å²) in [5.74, 6) is 0. The summed E-state index contributed by atoms with van der Waals surface area (Å²) in [5, 5.41) is 0. The van der Waals surface area contributed by atoms with Gasteiger partial charge in [0, 0.05) is 20.4 Å². The van der Waals surface area contributed by atoms with Crippen molar-refractivity contribution in [3.8, 4) is 0 Å². The van der Waals surface area contributed by atoms with Gasteiger partial charge in [-0.3, -0.25) is 4.99 Å². The zero-order valence-electron chi connectivity index (χ0n) is 31.4. The molecular formula is C44H70N2Pd. The van der Waals surface area contributed by atoms with Gasteiger partial charge in [0.15, 0.2) is 0 Å². The topological polar surface area (TPSA) is 24.7 Å². The van der Waals surface area contributed by atoms with Gasteiger partial charge in [0.25, 0.3) is 0 Å². The van der Waals surface area contributed by atoms with Crippen molar-refractivity contribution in [3.05, 3.63) is 70.8 Å². The Balaban J connectivity index is 0.0000110. The number of hydrogen-bond acceptors (Lipinski definition) is 2. The molecule has 0 fully saturated rings. The summed E-state index contributed by atoms with van der Waals surface area (Å²) in [6, 6.07) is 14.2. The van der Waals surface area contributed by atoms with Crippen molar-refractivity contribution >= 4 is 22.8 Å². The van der Waals surface area contributed by atoms with E-state index >= 15 is 0 Å². The molecule has 0 spiro atoms.